The molecule has 2 heterocycles. The number of nitrogens with zero attached hydrogens (tertiary/aromatic N) is 2. The van der Waals surface area contributed by atoms with Crippen molar-refractivity contribution in [1.29, 1.82) is 0 Å². The van der Waals surface area contributed by atoms with Crippen LogP contribution in [0.2, 0.25) is 0 Å². The smallest absolute Gasteiger partial charge is 0.190 e. The van der Waals surface area contributed by atoms with E-state index in [2.05, 4.69) is 10.4 Å². The highest BCUT2D eigenvalue weighted by Gasteiger charge is 2.34. The third-order valence-electron chi connectivity index (χ3n) is 2.85. The molecule has 0 radical (unpaired) electrons. The van der Waals surface area contributed by atoms with Crippen molar-refractivity contribution in [2.45, 2.75) is 13.0 Å². The maximum Gasteiger partial charge on any atom is 0.190 e. The molecule has 1 saturated heterocycles. The van der Waals surface area contributed by atoms with Crippen molar-refractivity contribution < 1.29 is 9.53 Å². The summed E-state index contributed by atoms with van der Waals surface area (Å²) < 4.78 is 7.00. The molecule has 0 aromatic carbocycles. The third-order valence-corrected chi connectivity index (χ3v) is 2.85. The standard InChI is InChI=1S/C11H17N3O2/c1-3-12-10-7-16-6-8(10)11(15)9-4-5-14(2)13-9/h4-5,8,10,12H,3,6-7H2,1-2H3. The van der Waals surface area contributed by atoms with Crippen LogP contribution in [0.5, 0.6) is 0 Å². The second-order valence-corrected chi connectivity index (χ2v) is 4.05. The number of likely N-dealkylation sites (N-methyl/N-ethyl adjacent to an activating group) is 1. The summed E-state index contributed by atoms with van der Waals surface area (Å²) in [4.78, 5) is 12.1. The number of nitrogens with one attached hydrogen (secondary N) is 1. The van der Waals surface area contributed by atoms with Gasteiger partial charge in [-0.1, -0.05) is 6.92 Å². The molecule has 1 fully saturated rings. The van der Waals surface area contributed by atoms with Gasteiger partial charge in [0.25, 0.3) is 0 Å². The van der Waals surface area contributed by atoms with Crippen molar-refractivity contribution in [3.63, 3.8) is 0 Å². The summed E-state index contributed by atoms with van der Waals surface area (Å²) in [6.45, 7) is 3.98. The molecule has 0 amide bonds. The summed E-state index contributed by atoms with van der Waals surface area (Å²) in [5, 5.41) is 7.41. The van der Waals surface area contributed by atoms with Gasteiger partial charge in [-0.3, -0.25) is 9.48 Å². The van der Waals surface area contributed by atoms with Crippen molar-refractivity contribution in [3.8, 4) is 0 Å². The summed E-state index contributed by atoms with van der Waals surface area (Å²) in [6.07, 6.45) is 1.78. The minimum Gasteiger partial charge on any atom is -0.379 e. The third kappa shape index (κ3) is 2.15. The minimum absolute atomic E-state index is 0.0732. The van der Waals surface area contributed by atoms with E-state index in [4.69, 9.17) is 4.74 Å². The van der Waals surface area contributed by atoms with E-state index in [9.17, 15) is 4.79 Å². The van der Waals surface area contributed by atoms with Crippen LogP contribution in [0.15, 0.2) is 12.3 Å². The Morgan fingerprint density at radius 1 is 1.69 bits per heavy atom. The number of ether oxygens (including phenoxy) is 1. The summed E-state index contributed by atoms with van der Waals surface area (Å²) >= 11 is 0. The topological polar surface area (TPSA) is 56.1 Å². The van der Waals surface area contributed by atoms with Gasteiger partial charge in [-0.05, 0) is 12.6 Å². The zero-order valence-corrected chi connectivity index (χ0v) is 9.64. The first kappa shape index (κ1) is 11.3. The van der Waals surface area contributed by atoms with Crippen molar-refractivity contribution in [2.24, 2.45) is 13.0 Å². The molecule has 1 aromatic heterocycles. The van der Waals surface area contributed by atoms with Crippen LogP contribution in [-0.2, 0) is 11.8 Å². The summed E-state index contributed by atoms with van der Waals surface area (Å²) in [7, 11) is 1.81. The van der Waals surface area contributed by atoms with E-state index in [-0.39, 0.29) is 17.7 Å². The van der Waals surface area contributed by atoms with Crippen LogP contribution in [0.4, 0.5) is 0 Å². The first-order chi connectivity index (χ1) is 7.72. The average molecular weight is 223 g/mol. The number of ketones is 1. The highest BCUT2D eigenvalue weighted by molar-refractivity contribution is 5.96. The van der Waals surface area contributed by atoms with E-state index >= 15 is 0 Å². The van der Waals surface area contributed by atoms with Gasteiger partial charge in [-0.2, -0.15) is 5.10 Å². The number of carbonyl (C=O) groups is 1. The number of carbonyl (C=O) groups excluding carboxylic acids is 1. The number of rotatable bonds is 4. The molecule has 1 aliphatic heterocycles. The van der Waals surface area contributed by atoms with E-state index in [0.29, 0.717) is 18.9 Å². The average Bonchev–Trinajstić information content (AvgIpc) is 2.87. The molecule has 2 unspecified atom stereocenters. The van der Waals surface area contributed by atoms with Gasteiger partial charge in [-0.25, -0.2) is 0 Å². The Morgan fingerprint density at radius 3 is 3.12 bits per heavy atom. The molecule has 0 aliphatic carbocycles. The fraction of sp³-hybridized carbons (Fsp3) is 0.636. The van der Waals surface area contributed by atoms with Crippen molar-refractivity contribution in [2.75, 3.05) is 19.8 Å². The normalized spacial score (nSPS) is 24.9. The predicted molar refractivity (Wildman–Crippen MR) is 59.3 cm³/mol. The minimum atomic E-state index is -0.102. The maximum absolute atomic E-state index is 12.1. The first-order valence-electron chi connectivity index (χ1n) is 5.57. The Labute approximate surface area is 94.8 Å². The molecule has 5 nitrogen and oxygen atoms in total. The van der Waals surface area contributed by atoms with Gasteiger partial charge < -0.3 is 10.1 Å². The quantitative estimate of drug-likeness (QED) is 0.742. The van der Waals surface area contributed by atoms with Gasteiger partial charge >= 0.3 is 0 Å². The van der Waals surface area contributed by atoms with Crippen LogP contribution >= 0.6 is 0 Å². The molecule has 5 heteroatoms. The van der Waals surface area contributed by atoms with E-state index < -0.39 is 0 Å². The van der Waals surface area contributed by atoms with E-state index in [1.165, 1.54) is 0 Å². The van der Waals surface area contributed by atoms with E-state index in [1.54, 1.807) is 16.9 Å². The van der Waals surface area contributed by atoms with Crippen LogP contribution in [0, 0.1) is 5.92 Å². The lowest BCUT2D eigenvalue weighted by atomic mass is 9.96. The van der Waals surface area contributed by atoms with Gasteiger partial charge in [0.15, 0.2) is 5.78 Å². The fourth-order valence-electron chi connectivity index (χ4n) is 2.01. The van der Waals surface area contributed by atoms with Gasteiger partial charge in [-0.15, -0.1) is 0 Å². The highest BCUT2D eigenvalue weighted by Crippen LogP contribution is 2.18. The number of hydrogen-bond acceptors (Lipinski definition) is 4. The van der Waals surface area contributed by atoms with E-state index in [0.717, 1.165) is 6.54 Å². The highest BCUT2D eigenvalue weighted by atomic mass is 16.5. The second-order valence-electron chi connectivity index (χ2n) is 4.05. The number of Topliss-reactive ketones (excluding diaryl/α,β-unsaturated/α-hetero) is 1. The summed E-state index contributed by atoms with van der Waals surface area (Å²) in [6, 6.07) is 1.88. The summed E-state index contributed by atoms with van der Waals surface area (Å²) in [5.41, 5.74) is 0.529. The lowest BCUT2D eigenvalue weighted by Gasteiger charge is -2.15. The Balaban J connectivity index is 2.09. The molecular formula is C11H17N3O2. The monoisotopic (exact) mass is 223 g/mol. The zero-order chi connectivity index (χ0) is 11.5. The fourth-order valence-corrected chi connectivity index (χ4v) is 2.01. The first-order valence-corrected chi connectivity index (χ1v) is 5.57. The number of hydrogen-bond donors (Lipinski definition) is 1. The lowest BCUT2D eigenvalue weighted by Crippen LogP contribution is -2.39. The van der Waals surface area contributed by atoms with Crippen LogP contribution in [0.3, 0.4) is 0 Å². The van der Waals surface area contributed by atoms with E-state index in [1.807, 2.05) is 14.0 Å². The number of aryl methyl sites for hydroxylation is 1. The Bertz CT molecular complexity index is 375. The Morgan fingerprint density at radius 2 is 2.50 bits per heavy atom. The SMILES string of the molecule is CCNC1COCC1C(=O)c1ccn(C)n1. The second kappa shape index (κ2) is 4.76. The van der Waals surface area contributed by atoms with Crippen LogP contribution in [0.1, 0.15) is 17.4 Å². The molecule has 16 heavy (non-hydrogen) atoms. The number of aromatic nitrogens is 2. The van der Waals surface area contributed by atoms with Crippen molar-refractivity contribution in [3.05, 3.63) is 18.0 Å². The molecule has 0 saturated carbocycles. The van der Waals surface area contributed by atoms with Gasteiger partial charge in [0, 0.05) is 19.3 Å². The Hall–Kier alpha value is -1.20. The molecule has 0 bridgehead atoms. The molecule has 2 atom stereocenters. The van der Waals surface area contributed by atoms with Gasteiger partial charge in [0.05, 0.1) is 19.1 Å². The molecule has 1 aromatic rings. The van der Waals surface area contributed by atoms with Crippen molar-refractivity contribution >= 4 is 5.78 Å². The zero-order valence-electron chi connectivity index (χ0n) is 9.64. The molecule has 1 aliphatic rings. The Kier molecular flexibility index (Phi) is 3.36. The molecule has 0 spiro atoms. The molecule has 2 rings (SSSR count). The van der Waals surface area contributed by atoms with Crippen molar-refractivity contribution in [1.82, 2.24) is 15.1 Å². The summed E-state index contributed by atoms with van der Waals surface area (Å²) in [5.74, 6) is -0.0288. The molecular weight excluding hydrogens is 206 g/mol. The van der Waals surface area contributed by atoms with Gasteiger partial charge in [0.1, 0.15) is 5.69 Å². The lowest BCUT2D eigenvalue weighted by molar-refractivity contribution is 0.0886. The molecule has 88 valence electrons. The van der Waals surface area contributed by atoms with Crippen LogP contribution in [0.25, 0.3) is 0 Å². The molecule has 1 N–H and O–H groups in total. The largest absolute Gasteiger partial charge is 0.379 e. The maximum atomic E-state index is 12.1. The van der Waals surface area contributed by atoms with Gasteiger partial charge in [0.2, 0.25) is 0 Å². The van der Waals surface area contributed by atoms with Crippen LogP contribution in [-0.4, -0.2) is 41.4 Å². The predicted octanol–water partition coefficient (Wildman–Crippen LogP) is 0.227. The van der Waals surface area contributed by atoms with Crippen LogP contribution < -0.4 is 5.32 Å².